The van der Waals surface area contributed by atoms with Gasteiger partial charge in [0, 0.05) is 11.6 Å². The van der Waals surface area contributed by atoms with Crippen molar-refractivity contribution in [3.05, 3.63) is 62.2 Å². The third-order valence-electron chi connectivity index (χ3n) is 3.32. The van der Waals surface area contributed by atoms with Crippen LogP contribution in [0.3, 0.4) is 0 Å². The van der Waals surface area contributed by atoms with E-state index < -0.39 is 22.3 Å². The Kier molecular flexibility index (Phi) is 6.13. The first kappa shape index (κ1) is 19.2. The van der Waals surface area contributed by atoms with E-state index in [9.17, 15) is 20.0 Å². The Balaban J connectivity index is 2.21. The van der Waals surface area contributed by atoms with Gasteiger partial charge in [-0.25, -0.2) is 5.43 Å². The van der Waals surface area contributed by atoms with Crippen molar-refractivity contribution in [1.82, 2.24) is 5.43 Å². The lowest BCUT2D eigenvalue weighted by atomic mass is 10.1. The van der Waals surface area contributed by atoms with E-state index in [1.165, 1.54) is 12.3 Å². The van der Waals surface area contributed by atoms with Gasteiger partial charge in [0.15, 0.2) is 5.75 Å². The summed E-state index contributed by atoms with van der Waals surface area (Å²) in [5.74, 6) is -1.13. The summed E-state index contributed by atoms with van der Waals surface area (Å²) in [7, 11) is 0. The van der Waals surface area contributed by atoms with Gasteiger partial charge in [-0.15, -0.1) is 0 Å². The quantitative estimate of drug-likeness (QED) is 0.454. The summed E-state index contributed by atoms with van der Waals surface area (Å²) in [6.45, 7) is 3.74. The highest BCUT2D eigenvalue weighted by Gasteiger charge is 2.19. The molecule has 0 atom stereocenters. The fourth-order valence-corrected chi connectivity index (χ4v) is 2.44. The number of nitro groups is 1. The van der Waals surface area contributed by atoms with Gasteiger partial charge in [0.05, 0.1) is 28.3 Å². The second kappa shape index (κ2) is 8.30. The van der Waals surface area contributed by atoms with Gasteiger partial charge < -0.3 is 9.84 Å². The number of aryl methyl sites for hydroxylation is 1. The number of hydrogen-bond donors (Lipinski definition) is 2. The Hall–Kier alpha value is -3.13. The van der Waals surface area contributed by atoms with Gasteiger partial charge in [0.2, 0.25) is 5.75 Å². The Labute approximate surface area is 154 Å². The van der Waals surface area contributed by atoms with Crippen molar-refractivity contribution in [2.24, 2.45) is 5.10 Å². The standard InChI is InChI=1S/C17H16ClN3O5/c1-3-26-15-8-11(7-14(16(15)22)21(24)25)9-19-20-17(23)12-5-4-10(2)6-13(12)18/h4-9,22H,3H2,1-2H3,(H,20,23)/b19-9+. The number of carbonyl (C=O) groups excluding carboxylic acids is 1. The summed E-state index contributed by atoms with van der Waals surface area (Å²) in [6, 6.07) is 7.45. The molecule has 26 heavy (non-hydrogen) atoms. The Morgan fingerprint density at radius 3 is 2.77 bits per heavy atom. The number of phenols is 1. The highest BCUT2D eigenvalue weighted by atomic mass is 35.5. The van der Waals surface area contributed by atoms with E-state index in [2.05, 4.69) is 10.5 Å². The predicted octanol–water partition coefficient (Wildman–Crippen LogP) is 3.42. The number of nitrogens with one attached hydrogen (secondary N) is 1. The minimum atomic E-state index is -0.736. The summed E-state index contributed by atoms with van der Waals surface area (Å²) < 4.78 is 5.17. The minimum absolute atomic E-state index is 0.0453. The summed E-state index contributed by atoms with van der Waals surface area (Å²) in [4.78, 5) is 22.4. The average molecular weight is 378 g/mol. The lowest BCUT2D eigenvalue weighted by Crippen LogP contribution is -2.18. The third-order valence-corrected chi connectivity index (χ3v) is 3.64. The van der Waals surface area contributed by atoms with Crippen LogP contribution in [0.5, 0.6) is 11.5 Å². The predicted molar refractivity (Wildman–Crippen MR) is 97.2 cm³/mol. The summed E-state index contributed by atoms with van der Waals surface area (Å²) in [5.41, 5.74) is 3.21. The first-order valence-electron chi connectivity index (χ1n) is 7.57. The first-order valence-corrected chi connectivity index (χ1v) is 7.95. The molecular formula is C17H16ClN3O5. The fourth-order valence-electron chi connectivity index (χ4n) is 2.12. The number of hydrogen-bond acceptors (Lipinski definition) is 6. The molecule has 136 valence electrons. The number of nitro benzene ring substituents is 1. The summed E-state index contributed by atoms with van der Waals surface area (Å²) in [6.07, 6.45) is 1.20. The Bertz CT molecular complexity index is 883. The van der Waals surface area contributed by atoms with Crippen molar-refractivity contribution in [1.29, 1.82) is 0 Å². The molecule has 2 N–H and O–H groups in total. The van der Waals surface area contributed by atoms with Gasteiger partial charge in [0.1, 0.15) is 0 Å². The first-order chi connectivity index (χ1) is 12.3. The highest BCUT2D eigenvalue weighted by Crippen LogP contribution is 2.36. The zero-order valence-electron chi connectivity index (χ0n) is 14.0. The zero-order valence-corrected chi connectivity index (χ0v) is 14.8. The largest absolute Gasteiger partial charge is 0.500 e. The van der Waals surface area contributed by atoms with E-state index in [1.54, 1.807) is 25.1 Å². The van der Waals surface area contributed by atoms with E-state index in [0.717, 1.165) is 11.6 Å². The molecule has 0 bridgehead atoms. The Morgan fingerprint density at radius 1 is 1.42 bits per heavy atom. The van der Waals surface area contributed by atoms with E-state index in [-0.39, 0.29) is 28.5 Å². The molecule has 0 radical (unpaired) electrons. The maximum absolute atomic E-state index is 12.1. The molecule has 8 nitrogen and oxygen atoms in total. The van der Waals surface area contributed by atoms with Crippen LogP contribution in [0, 0.1) is 17.0 Å². The molecule has 9 heteroatoms. The van der Waals surface area contributed by atoms with E-state index in [4.69, 9.17) is 16.3 Å². The van der Waals surface area contributed by atoms with E-state index in [1.807, 2.05) is 6.92 Å². The molecule has 0 spiro atoms. The number of ether oxygens (including phenoxy) is 1. The summed E-state index contributed by atoms with van der Waals surface area (Å²) >= 11 is 6.02. The molecule has 0 aliphatic heterocycles. The molecule has 0 saturated heterocycles. The number of hydrazone groups is 1. The number of phenolic OH excluding ortho intramolecular Hbond substituents is 1. The fraction of sp³-hybridized carbons (Fsp3) is 0.176. The van der Waals surface area contributed by atoms with Gasteiger partial charge in [-0.1, -0.05) is 17.7 Å². The van der Waals surface area contributed by atoms with Crippen molar-refractivity contribution in [2.45, 2.75) is 13.8 Å². The van der Waals surface area contributed by atoms with Gasteiger partial charge in [-0.3, -0.25) is 14.9 Å². The lowest BCUT2D eigenvalue weighted by Gasteiger charge is -2.07. The molecule has 0 aliphatic rings. The SMILES string of the molecule is CCOc1cc(/C=N/NC(=O)c2ccc(C)cc2Cl)cc([N+](=O)[O-])c1O. The molecule has 0 unspecified atom stereocenters. The van der Waals surface area contributed by atoms with Crippen LogP contribution in [0.25, 0.3) is 0 Å². The maximum Gasteiger partial charge on any atom is 0.315 e. The average Bonchev–Trinajstić information content (AvgIpc) is 2.57. The second-order valence-corrected chi connectivity index (χ2v) is 5.67. The van der Waals surface area contributed by atoms with Crippen molar-refractivity contribution in [3.63, 3.8) is 0 Å². The highest BCUT2D eigenvalue weighted by molar-refractivity contribution is 6.33. The second-order valence-electron chi connectivity index (χ2n) is 5.26. The number of nitrogens with zero attached hydrogens (tertiary/aromatic N) is 2. The lowest BCUT2D eigenvalue weighted by molar-refractivity contribution is -0.386. The van der Waals surface area contributed by atoms with Crippen molar-refractivity contribution in [2.75, 3.05) is 6.61 Å². The van der Waals surface area contributed by atoms with Crippen LogP contribution in [0.15, 0.2) is 35.4 Å². The van der Waals surface area contributed by atoms with Crippen LogP contribution in [-0.2, 0) is 0 Å². The number of benzene rings is 2. The van der Waals surface area contributed by atoms with Gasteiger partial charge in [-0.2, -0.15) is 5.10 Å². The number of carbonyl (C=O) groups is 1. The van der Waals surface area contributed by atoms with Crippen molar-refractivity contribution in [3.8, 4) is 11.5 Å². The molecule has 1 amide bonds. The maximum atomic E-state index is 12.1. The number of amides is 1. The third kappa shape index (κ3) is 4.48. The van der Waals surface area contributed by atoms with Gasteiger partial charge in [-0.05, 0) is 37.6 Å². The molecule has 2 rings (SSSR count). The summed E-state index contributed by atoms with van der Waals surface area (Å²) in [5, 5.41) is 24.9. The number of rotatable bonds is 6. The van der Waals surface area contributed by atoms with Crippen molar-refractivity contribution >= 4 is 29.4 Å². The van der Waals surface area contributed by atoms with Crippen LogP contribution >= 0.6 is 11.6 Å². The molecule has 2 aromatic rings. The molecular weight excluding hydrogens is 362 g/mol. The monoisotopic (exact) mass is 377 g/mol. The van der Waals surface area contributed by atoms with Gasteiger partial charge in [0.25, 0.3) is 5.91 Å². The molecule has 0 saturated carbocycles. The van der Waals surface area contributed by atoms with E-state index in [0.29, 0.717) is 0 Å². The minimum Gasteiger partial charge on any atom is -0.500 e. The molecule has 2 aromatic carbocycles. The molecule has 0 fully saturated rings. The molecule has 0 heterocycles. The smallest absolute Gasteiger partial charge is 0.315 e. The topological polar surface area (TPSA) is 114 Å². The van der Waals surface area contributed by atoms with Crippen LogP contribution in [0.2, 0.25) is 5.02 Å². The van der Waals surface area contributed by atoms with Crippen LogP contribution in [0.4, 0.5) is 5.69 Å². The van der Waals surface area contributed by atoms with Crippen LogP contribution in [0.1, 0.15) is 28.4 Å². The van der Waals surface area contributed by atoms with Crippen molar-refractivity contribution < 1.29 is 19.6 Å². The zero-order chi connectivity index (χ0) is 19.3. The number of aromatic hydroxyl groups is 1. The molecule has 0 aliphatic carbocycles. The van der Waals surface area contributed by atoms with Crippen LogP contribution < -0.4 is 10.2 Å². The van der Waals surface area contributed by atoms with Crippen LogP contribution in [-0.4, -0.2) is 28.8 Å². The molecule has 0 aromatic heterocycles. The Morgan fingerprint density at radius 2 is 2.15 bits per heavy atom. The van der Waals surface area contributed by atoms with E-state index >= 15 is 0 Å². The van der Waals surface area contributed by atoms with Gasteiger partial charge >= 0.3 is 5.69 Å². The normalized spacial score (nSPS) is 10.7. The number of halogens is 1.